The highest BCUT2D eigenvalue weighted by Crippen LogP contribution is 2.39. The largest absolute Gasteiger partial charge is 0.367 e. The monoisotopic (exact) mass is 307 g/mol. The van der Waals surface area contributed by atoms with E-state index in [-0.39, 0.29) is 33.3 Å². The topological polar surface area (TPSA) is 64.9 Å². The van der Waals surface area contributed by atoms with E-state index >= 15 is 0 Å². The fourth-order valence-electron chi connectivity index (χ4n) is 2.01. The lowest BCUT2D eigenvalue weighted by Gasteiger charge is -2.06. The predicted octanol–water partition coefficient (Wildman–Crippen LogP) is 3.92. The smallest absolute Gasteiger partial charge is 0.230 e. The van der Waals surface area contributed by atoms with Crippen LogP contribution < -0.4 is 5.73 Å². The number of pyridine rings is 1. The summed E-state index contributed by atoms with van der Waals surface area (Å²) in [6.07, 6.45) is 2.42. The summed E-state index contributed by atoms with van der Waals surface area (Å²) < 4.78 is 32.9. The van der Waals surface area contributed by atoms with Crippen molar-refractivity contribution in [3.8, 4) is 22.4 Å². The van der Waals surface area contributed by atoms with Crippen LogP contribution in [0.2, 0.25) is 5.02 Å². The van der Waals surface area contributed by atoms with Gasteiger partial charge < -0.3 is 10.3 Å². The van der Waals surface area contributed by atoms with E-state index < -0.39 is 11.6 Å². The fourth-order valence-corrected chi connectivity index (χ4v) is 2.19. The highest BCUT2D eigenvalue weighted by molar-refractivity contribution is 6.31. The van der Waals surface area contributed by atoms with Gasteiger partial charge in [-0.15, -0.1) is 0 Å². The summed E-state index contributed by atoms with van der Waals surface area (Å²) >= 11 is 5.76. The number of halogens is 3. The molecule has 1 aromatic carbocycles. The van der Waals surface area contributed by atoms with Crippen LogP contribution in [-0.4, -0.2) is 10.1 Å². The Hall–Kier alpha value is -2.47. The minimum Gasteiger partial charge on any atom is -0.367 e. The highest BCUT2D eigenvalue weighted by atomic mass is 35.5. The Morgan fingerprint density at radius 2 is 1.95 bits per heavy atom. The third kappa shape index (κ3) is 2.23. The van der Waals surface area contributed by atoms with Gasteiger partial charge in [-0.3, -0.25) is 4.98 Å². The first kappa shape index (κ1) is 13.5. The molecule has 0 fully saturated rings. The average molecular weight is 308 g/mol. The second-order valence-corrected chi connectivity index (χ2v) is 4.63. The Balaban J connectivity index is 2.28. The maximum Gasteiger partial charge on any atom is 0.230 e. The standard InChI is InChI=1S/C14H8ClF2N3O/c15-9-3-1-2-8(12(9)17)11-13(20-21-14(11)18)7-4-5-19-6-10(7)16/h1-6H,18H2. The summed E-state index contributed by atoms with van der Waals surface area (Å²) in [6.45, 7) is 0. The summed E-state index contributed by atoms with van der Waals surface area (Å²) in [5.74, 6) is -1.42. The van der Waals surface area contributed by atoms with Crippen molar-refractivity contribution in [2.45, 2.75) is 0 Å². The van der Waals surface area contributed by atoms with Gasteiger partial charge in [0.1, 0.15) is 11.5 Å². The lowest BCUT2D eigenvalue weighted by molar-refractivity contribution is 0.439. The van der Waals surface area contributed by atoms with E-state index in [4.69, 9.17) is 21.9 Å². The molecular formula is C14H8ClF2N3O. The van der Waals surface area contributed by atoms with Gasteiger partial charge in [-0.25, -0.2) is 8.78 Å². The van der Waals surface area contributed by atoms with Crippen molar-refractivity contribution in [3.63, 3.8) is 0 Å². The molecule has 0 spiro atoms. The molecule has 0 aliphatic carbocycles. The van der Waals surface area contributed by atoms with Crippen molar-refractivity contribution in [3.05, 3.63) is 53.3 Å². The molecule has 21 heavy (non-hydrogen) atoms. The zero-order valence-corrected chi connectivity index (χ0v) is 11.2. The predicted molar refractivity (Wildman–Crippen MR) is 74.5 cm³/mol. The number of hydrogen-bond acceptors (Lipinski definition) is 4. The number of nitrogen functional groups attached to an aromatic ring is 1. The Labute approximate surface area is 123 Å². The summed E-state index contributed by atoms with van der Waals surface area (Å²) in [6, 6.07) is 5.82. The zero-order chi connectivity index (χ0) is 15.0. The maximum atomic E-state index is 14.2. The number of benzene rings is 1. The van der Waals surface area contributed by atoms with Crippen molar-refractivity contribution in [1.29, 1.82) is 0 Å². The second-order valence-electron chi connectivity index (χ2n) is 4.23. The number of aromatic nitrogens is 2. The molecular weight excluding hydrogens is 300 g/mol. The zero-order valence-electron chi connectivity index (χ0n) is 10.5. The molecule has 0 saturated heterocycles. The van der Waals surface area contributed by atoms with Crippen molar-refractivity contribution < 1.29 is 13.3 Å². The Kier molecular flexibility index (Phi) is 3.31. The van der Waals surface area contributed by atoms with Crippen LogP contribution in [0.25, 0.3) is 22.4 Å². The molecule has 4 nitrogen and oxygen atoms in total. The van der Waals surface area contributed by atoms with E-state index in [1.54, 1.807) is 6.07 Å². The number of nitrogens with zero attached hydrogens (tertiary/aromatic N) is 2. The maximum absolute atomic E-state index is 14.2. The first-order valence-corrected chi connectivity index (χ1v) is 6.26. The van der Waals surface area contributed by atoms with E-state index in [2.05, 4.69) is 10.1 Å². The third-order valence-corrected chi connectivity index (χ3v) is 3.26. The summed E-state index contributed by atoms with van der Waals surface area (Å²) in [5, 5.41) is 3.64. The van der Waals surface area contributed by atoms with Gasteiger partial charge in [0.2, 0.25) is 5.88 Å². The van der Waals surface area contributed by atoms with E-state index in [0.29, 0.717) is 0 Å². The first-order valence-electron chi connectivity index (χ1n) is 5.89. The van der Waals surface area contributed by atoms with Crippen molar-refractivity contribution in [2.75, 3.05) is 5.73 Å². The molecule has 106 valence electrons. The first-order chi connectivity index (χ1) is 10.1. The Morgan fingerprint density at radius 1 is 1.14 bits per heavy atom. The highest BCUT2D eigenvalue weighted by Gasteiger charge is 2.23. The van der Waals surface area contributed by atoms with Crippen LogP contribution in [0, 0.1) is 11.6 Å². The van der Waals surface area contributed by atoms with Gasteiger partial charge in [0.05, 0.1) is 16.8 Å². The van der Waals surface area contributed by atoms with Gasteiger partial charge in [0.15, 0.2) is 5.82 Å². The van der Waals surface area contributed by atoms with Crippen molar-refractivity contribution in [2.24, 2.45) is 0 Å². The van der Waals surface area contributed by atoms with Gasteiger partial charge in [0, 0.05) is 17.3 Å². The number of rotatable bonds is 2. The molecule has 0 bridgehead atoms. The lowest BCUT2D eigenvalue weighted by Crippen LogP contribution is -1.93. The molecule has 0 aliphatic heterocycles. The molecule has 0 radical (unpaired) electrons. The number of hydrogen-bond donors (Lipinski definition) is 1. The van der Waals surface area contributed by atoms with Crippen LogP contribution in [-0.2, 0) is 0 Å². The van der Waals surface area contributed by atoms with E-state index in [1.165, 1.54) is 24.4 Å². The van der Waals surface area contributed by atoms with E-state index in [9.17, 15) is 8.78 Å². The molecule has 7 heteroatoms. The molecule has 0 saturated carbocycles. The normalized spacial score (nSPS) is 10.8. The minimum atomic E-state index is -0.676. The van der Waals surface area contributed by atoms with Gasteiger partial charge >= 0.3 is 0 Å². The Morgan fingerprint density at radius 3 is 2.71 bits per heavy atom. The quantitative estimate of drug-likeness (QED) is 0.779. The van der Waals surface area contributed by atoms with Gasteiger partial charge in [0.25, 0.3) is 0 Å². The minimum absolute atomic E-state index is 0.0748. The van der Waals surface area contributed by atoms with Crippen LogP contribution in [0.15, 0.2) is 41.2 Å². The lowest BCUT2D eigenvalue weighted by atomic mass is 10.0. The molecule has 3 aromatic rings. The van der Waals surface area contributed by atoms with Crippen LogP contribution in [0.5, 0.6) is 0 Å². The van der Waals surface area contributed by atoms with Crippen LogP contribution >= 0.6 is 11.6 Å². The van der Waals surface area contributed by atoms with Crippen LogP contribution in [0.3, 0.4) is 0 Å². The average Bonchev–Trinajstić information content (AvgIpc) is 2.84. The van der Waals surface area contributed by atoms with Crippen LogP contribution in [0.4, 0.5) is 14.7 Å². The number of nitrogens with two attached hydrogens (primary N) is 1. The van der Waals surface area contributed by atoms with E-state index in [1.807, 2.05) is 0 Å². The summed E-state index contributed by atoms with van der Waals surface area (Å²) in [5.41, 5.74) is 6.15. The van der Waals surface area contributed by atoms with Crippen molar-refractivity contribution in [1.82, 2.24) is 10.1 Å². The van der Waals surface area contributed by atoms with E-state index in [0.717, 1.165) is 6.20 Å². The molecule has 0 aliphatic rings. The van der Waals surface area contributed by atoms with Gasteiger partial charge in [-0.05, 0) is 12.1 Å². The third-order valence-electron chi connectivity index (χ3n) is 2.97. The van der Waals surface area contributed by atoms with Crippen molar-refractivity contribution >= 4 is 17.5 Å². The molecule has 2 heterocycles. The molecule has 2 N–H and O–H groups in total. The molecule has 0 atom stereocenters. The molecule has 0 amide bonds. The Bertz CT molecular complexity index is 820. The van der Waals surface area contributed by atoms with Crippen LogP contribution in [0.1, 0.15) is 0 Å². The summed E-state index contributed by atoms with van der Waals surface area (Å²) in [4.78, 5) is 3.65. The molecule has 3 rings (SSSR count). The molecule has 0 unspecified atom stereocenters. The van der Waals surface area contributed by atoms with Gasteiger partial charge in [-0.2, -0.15) is 0 Å². The van der Waals surface area contributed by atoms with Gasteiger partial charge in [-0.1, -0.05) is 28.9 Å². The molecule has 2 aromatic heterocycles. The second kappa shape index (κ2) is 5.14. The fraction of sp³-hybridized carbons (Fsp3) is 0. The summed E-state index contributed by atoms with van der Waals surface area (Å²) in [7, 11) is 0. The number of anilines is 1. The SMILES string of the molecule is Nc1onc(-c2ccncc2F)c1-c1cccc(Cl)c1F.